The Morgan fingerprint density at radius 3 is 2.66 bits per heavy atom. The van der Waals surface area contributed by atoms with E-state index in [4.69, 9.17) is 4.74 Å². The summed E-state index contributed by atoms with van der Waals surface area (Å²) in [6, 6.07) is 9.56. The molecule has 0 spiro atoms. The van der Waals surface area contributed by atoms with Gasteiger partial charge in [-0.3, -0.25) is 19.7 Å². The summed E-state index contributed by atoms with van der Waals surface area (Å²) >= 11 is 1.25. The number of amides is 1. The fourth-order valence-corrected chi connectivity index (χ4v) is 4.12. The SMILES string of the molecule is CCOC(=O)Cn1c(=NC(=O)c2ccccc2[N+](=O)[O-])sc2c(C)cc(C)cc21. The number of para-hydroxylation sites is 1. The van der Waals surface area contributed by atoms with Crippen LogP contribution < -0.4 is 4.80 Å². The van der Waals surface area contributed by atoms with Crippen LogP contribution in [0.1, 0.15) is 28.4 Å². The van der Waals surface area contributed by atoms with Crippen molar-refractivity contribution in [2.75, 3.05) is 6.61 Å². The molecule has 0 aliphatic rings. The van der Waals surface area contributed by atoms with Crippen molar-refractivity contribution in [3.63, 3.8) is 0 Å². The van der Waals surface area contributed by atoms with Crippen LogP contribution in [0.2, 0.25) is 0 Å². The van der Waals surface area contributed by atoms with Crippen LogP contribution in [0.3, 0.4) is 0 Å². The first kappa shape index (κ1) is 20.4. The number of nitro benzene ring substituents is 1. The number of aromatic nitrogens is 1. The van der Waals surface area contributed by atoms with Crippen LogP contribution in [-0.2, 0) is 16.1 Å². The van der Waals surface area contributed by atoms with Crippen LogP contribution in [0, 0.1) is 24.0 Å². The summed E-state index contributed by atoms with van der Waals surface area (Å²) in [6.07, 6.45) is 0. The molecule has 0 unspecified atom stereocenters. The van der Waals surface area contributed by atoms with E-state index in [9.17, 15) is 19.7 Å². The largest absolute Gasteiger partial charge is 0.465 e. The fourth-order valence-electron chi connectivity index (χ4n) is 3.05. The number of carbonyl (C=O) groups excluding carboxylic acids is 2. The summed E-state index contributed by atoms with van der Waals surface area (Å²) in [5, 5.41) is 11.2. The number of benzene rings is 2. The van der Waals surface area contributed by atoms with E-state index in [0.29, 0.717) is 0 Å². The lowest BCUT2D eigenvalue weighted by Crippen LogP contribution is -2.23. The molecule has 1 aromatic heterocycles. The molecule has 0 N–H and O–H groups in total. The van der Waals surface area contributed by atoms with Gasteiger partial charge in [-0.2, -0.15) is 4.99 Å². The zero-order valence-corrected chi connectivity index (χ0v) is 17.0. The molecule has 9 heteroatoms. The summed E-state index contributed by atoms with van der Waals surface area (Å²) < 4.78 is 7.55. The number of thiazole rings is 1. The second-order valence-corrected chi connectivity index (χ2v) is 7.37. The molecule has 8 nitrogen and oxygen atoms in total. The highest BCUT2D eigenvalue weighted by Gasteiger charge is 2.20. The van der Waals surface area contributed by atoms with Gasteiger partial charge in [-0.25, -0.2) is 0 Å². The van der Waals surface area contributed by atoms with Crippen LogP contribution in [0.5, 0.6) is 0 Å². The number of aryl methyl sites for hydroxylation is 2. The number of esters is 1. The number of nitrogens with zero attached hydrogens (tertiary/aromatic N) is 3. The molecule has 3 aromatic rings. The van der Waals surface area contributed by atoms with Gasteiger partial charge in [-0.05, 0) is 44.0 Å². The Morgan fingerprint density at radius 1 is 1.24 bits per heavy atom. The second kappa shape index (κ2) is 8.36. The van der Waals surface area contributed by atoms with Crippen LogP contribution in [0.4, 0.5) is 5.69 Å². The van der Waals surface area contributed by atoms with E-state index in [1.807, 2.05) is 26.0 Å². The summed E-state index contributed by atoms with van der Waals surface area (Å²) in [6.45, 7) is 5.72. The minimum Gasteiger partial charge on any atom is -0.465 e. The van der Waals surface area contributed by atoms with Crippen LogP contribution >= 0.6 is 11.3 Å². The van der Waals surface area contributed by atoms with E-state index in [1.165, 1.54) is 29.5 Å². The average molecular weight is 413 g/mol. The predicted molar refractivity (Wildman–Crippen MR) is 109 cm³/mol. The summed E-state index contributed by atoms with van der Waals surface area (Å²) in [5.74, 6) is -1.19. The standard InChI is InChI=1S/C20H19N3O5S/c1-4-28-17(24)11-22-16-10-12(2)9-13(3)18(16)29-20(22)21-19(25)14-7-5-6-8-15(14)23(26)27/h5-10H,4,11H2,1-3H3. The molecule has 0 fully saturated rings. The second-order valence-electron chi connectivity index (χ2n) is 6.40. The van der Waals surface area contributed by atoms with Gasteiger partial charge in [0.25, 0.3) is 11.6 Å². The molecule has 1 heterocycles. The molecular weight excluding hydrogens is 394 g/mol. The number of hydrogen-bond donors (Lipinski definition) is 0. The van der Waals surface area contributed by atoms with E-state index < -0.39 is 16.8 Å². The van der Waals surface area contributed by atoms with Gasteiger partial charge >= 0.3 is 5.97 Å². The maximum Gasteiger partial charge on any atom is 0.326 e. The van der Waals surface area contributed by atoms with Crippen molar-refractivity contribution in [2.24, 2.45) is 4.99 Å². The van der Waals surface area contributed by atoms with Crippen molar-refractivity contribution in [3.05, 3.63) is 68.0 Å². The van der Waals surface area contributed by atoms with Crippen molar-refractivity contribution in [3.8, 4) is 0 Å². The lowest BCUT2D eigenvalue weighted by atomic mass is 10.1. The third kappa shape index (κ3) is 4.24. The lowest BCUT2D eigenvalue weighted by molar-refractivity contribution is -0.385. The van der Waals surface area contributed by atoms with E-state index in [2.05, 4.69) is 4.99 Å². The molecule has 0 saturated heterocycles. The van der Waals surface area contributed by atoms with Gasteiger partial charge < -0.3 is 9.30 Å². The minimum absolute atomic E-state index is 0.106. The maximum absolute atomic E-state index is 12.7. The van der Waals surface area contributed by atoms with Crippen LogP contribution in [0.25, 0.3) is 10.2 Å². The average Bonchev–Trinajstić information content (AvgIpc) is 2.99. The summed E-state index contributed by atoms with van der Waals surface area (Å²) in [5.41, 5.74) is 2.33. The highest BCUT2D eigenvalue weighted by molar-refractivity contribution is 7.16. The van der Waals surface area contributed by atoms with Crippen molar-refractivity contribution in [1.82, 2.24) is 4.57 Å². The van der Waals surface area contributed by atoms with E-state index >= 15 is 0 Å². The van der Waals surface area contributed by atoms with Gasteiger partial charge in [-0.15, -0.1) is 0 Å². The molecular formula is C20H19N3O5S. The molecule has 2 aromatic carbocycles. The quantitative estimate of drug-likeness (QED) is 0.362. The molecule has 29 heavy (non-hydrogen) atoms. The normalized spacial score (nSPS) is 11.6. The topological polar surface area (TPSA) is 104 Å². The lowest BCUT2D eigenvalue weighted by Gasteiger charge is -2.06. The number of fused-ring (bicyclic) bond motifs is 1. The molecule has 150 valence electrons. The first-order valence-electron chi connectivity index (χ1n) is 8.90. The number of hydrogen-bond acceptors (Lipinski definition) is 6. The summed E-state index contributed by atoms with van der Waals surface area (Å²) in [7, 11) is 0. The van der Waals surface area contributed by atoms with Crippen molar-refractivity contribution >= 4 is 39.1 Å². The van der Waals surface area contributed by atoms with Crippen molar-refractivity contribution < 1.29 is 19.2 Å². The van der Waals surface area contributed by atoms with Crippen LogP contribution in [0.15, 0.2) is 41.4 Å². The molecule has 0 aliphatic carbocycles. The monoisotopic (exact) mass is 413 g/mol. The first-order chi connectivity index (χ1) is 13.8. The third-order valence-corrected chi connectivity index (χ3v) is 5.46. The van der Waals surface area contributed by atoms with E-state index in [0.717, 1.165) is 21.3 Å². The van der Waals surface area contributed by atoms with Gasteiger partial charge in [0.05, 0.1) is 21.7 Å². The van der Waals surface area contributed by atoms with Gasteiger partial charge in [0.15, 0.2) is 4.80 Å². The molecule has 1 amide bonds. The Kier molecular flexibility index (Phi) is 5.88. The van der Waals surface area contributed by atoms with Gasteiger partial charge in [0, 0.05) is 6.07 Å². The maximum atomic E-state index is 12.7. The minimum atomic E-state index is -0.740. The molecule has 0 atom stereocenters. The third-order valence-electron chi connectivity index (χ3n) is 4.24. The fraction of sp³-hybridized carbons (Fsp3) is 0.250. The molecule has 3 rings (SSSR count). The highest BCUT2D eigenvalue weighted by atomic mass is 32.1. The zero-order valence-electron chi connectivity index (χ0n) is 16.2. The Bertz CT molecular complexity index is 1190. The number of rotatable bonds is 5. The number of ether oxygens (including phenoxy) is 1. The predicted octanol–water partition coefficient (Wildman–Crippen LogP) is 3.53. The van der Waals surface area contributed by atoms with Gasteiger partial charge in [0.1, 0.15) is 12.1 Å². The van der Waals surface area contributed by atoms with Crippen LogP contribution in [-0.4, -0.2) is 28.0 Å². The molecule has 0 saturated carbocycles. The van der Waals surface area contributed by atoms with E-state index in [-0.39, 0.29) is 29.2 Å². The van der Waals surface area contributed by atoms with Gasteiger partial charge in [0.2, 0.25) is 0 Å². The van der Waals surface area contributed by atoms with Crippen molar-refractivity contribution in [2.45, 2.75) is 27.3 Å². The Hall–Kier alpha value is -3.33. The zero-order chi connectivity index (χ0) is 21.1. The molecule has 0 aliphatic heterocycles. The first-order valence-corrected chi connectivity index (χ1v) is 9.72. The van der Waals surface area contributed by atoms with Crippen molar-refractivity contribution in [1.29, 1.82) is 0 Å². The highest BCUT2D eigenvalue weighted by Crippen LogP contribution is 2.24. The Balaban J connectivity index is 2.20. The Labute approximate surface area is 170 Å². The van der Waals surface area contributed by atoms with E-state index in [1.54, 1.807) is 17.6 Å². The number of nitro groups is 1. The number of carbonyl (C=O) groups is 2. The smallest absolute Gasteiger partial charge is 0.326 e. The summed E-state index contributed by atoms with van der Waals surface area (Å²) in [4.78, 5) is 39.9. The van der Waals surface area contributed by atoms with Gasteiger partial charge in [-0.1, -0.05) is 29.5 Å². The molecule has 0 radical (unpaired) electrons. The Morgan fingerprint density at radius 2 is 1.97 bits per heavy atom. The molecule has 0 bridgehead atoms.